The number of ether oxygens (including phenoxy) is 1. The van der Waals surface area contributed by atoms with Crippen molar-refractivity contribution in [2.75, 3.05) is 25.1 Å². The number of rotatable bonds is 6. The Labute approximate surface area is 131 Å². The molecule has 1 aliphatic heterocycles. The lowest BCUT2D eigenvalue weighted by molar-refractivity contribution is -0.122. The highest BCUT2D eigenvalue weighted by Crippen LogP contribution is 2.19. The normalized spacial score (nSPS) is 16.4. The fraction of sp³-hybridized carbons (Fsp3) is 0.533. The van der Waals surface area contributed by atoms with Crippen molar-refractivity contribution >= 4 is 21.6 Å². The van der Waals surface area contributed by atoms with Crippen LogP contribution in [0.4, 0.5) is 5.69 Å². The van der Waals surface area contributed by atoms with Crippen LogP contribution in [0, 0.1) is 5.92 Å². The molecule has 0 spiro atoms. The van der Waals surface area contributed by atoms with E-state index in [0.717, 1.165) is 19.3 Å². The van der Waals surface area contributed by atoms with Crippen molar-refractivity contribution in [2.45, 2.75) is 31.1 Å². The molecule has 0 bridgehead atoms. The van der Waals surface area contributed by atoms with E-state index in [0.29, 0.717) is 25.4 Å². The van der Waals surface area contributed by atoms with Crippen molar-refractivity contribution in [2.24, 2.45) is 5.92 Å². The van der Waals surface area contributed by atoms with Gasteiger partial charge in [-0.05, 0) is 43.5 Å². The van der Waals surface area contributed by atoms with Crippen molar-refractivity contribution in [3.05, 3.63) is 24.3 Å². The molecular formula is C15H22N2O4S. The molecule has 0 aromatic heterocycles. The van der Waals surface area contributed by atoms with Crippen LogP contribution in [0.1, 0.15) is 26.2 Å². The molecule has 22 heavy (non-hydrogen) atoms. The monoisotopic (exact) mass is 326 g/mol. The maximum atomic E-state index is 12.1. The second-order valence-corrected chi connectivity index (χ2v) is 7.07. The quantitative estimate of drug-likeness (QED) is 0.834. The van der Waals surface area contributed by atoms with E-state index < -0.39 is 10.0 Å². The molecule has 1 aliphatic rings. The van der Waals surface area contributed by atoms with Crippen LogP contribution in [0.3, 0.4) is 0 Å². The zero-order valence-corrected chi connectivity index (χ0v) is 13.5. The van der Waals surface area contributed by atoms with Crippen LogP contribution in [-0.2, 0) is 19.6 Å². The van der Waals surface area contributed by atoms with Gasteiger partial charge in [0.15, 0.2) is 0 Å². The van der Waals surface area contributed by atoms with E-state index >= 15 is 0 Å². The average molecular weight is 326 g/mol. The Balaban J connectivity index is 1.98. The first-order valence-electron chi connectivity index (χ1n) is 7.51. The Morgan fingerprint density at radius 2 is 1.86 bits per heavy atom. The molecule has 1 aromatic carbocycles. The fourth-order valence-corrected chi connectivity index (χ4v) is 3.38. The standard InChI is InChI=1S/C15H22N2O4S/c1-2-9-16-22(19,20)14-5-3-13(4-6-14)17-15(18)12-7-10-21-11-8-12/h3-6,12,16H,2,7-11H2,1H3,(H,17,18). The van der Waals surface area contributed by atoms with Crippen molar-refractivity contribution in [3.8, 4) is 0 Å². The molecule has 7 heteroatoms. The molecule has 0 atom stereocenters. The molecule has 6 nitrogen and oxygen atoms in total. The summed E-state index contributed by atoms with van der Waals surface area (Å²) in [6, 6.07) is 6.21. The molecule has 1 heterocycles. The number of benzene rings is 1. The summed E-state index contributed by atoms with van der Waals surface area (Å²) >= 11 is 0. The number of anilines is 1. The molecule has 1 aromatic rings. The van der Waals surface area contributed by atoms with E-state index in [9.17, 15) is 13.2 Å². The average Bonchev–Trinajstić information content (AvgIpc) is 2.54. The summed E-state index contributed by atoms with van der Waals surface area (Å²) in [5.74, 6) is -0.0774. The zero-order chi connectivity index (χ0) is 16.0. The molecule has 0 saturated carbocycles. The zero-order valence-electron chi connectivity index (χ0n) is 12.7. The highest BCUT2D eigenvalue weighted by Gasteiger charge is 2.21. The van der Waals surface area contributed by atoms with Gasteiger partial charge in [0, 0.05) is 31.4 Å². The van der Waals surface area contributed by atoms with Gasteiger partial charge >= 0.3 is 0 Å². The third-order valence-corrected chi connectivity index (χ3v) is 5.04. The van der Waals surface area contributed by atoms with E-state index in [1.54, 1.807) is 12.1 Å². The predicted molar refractivity (Wildman–Crippen MR) is 84.1 cm³/mol. The van der Waals surface area contributed by atoms with Crippen molar-refractivity contribution < 1.29 is 17.9 Å². The van der Waals surface area contributed by atoms with Gasteiger partial charge in [-0.3, -0.25) is 4.79 Å². The van der Waals surface area contributed by atoms with E-state index in [2.05, 4.69) is 10.0 Å². The molecule has 122 valence electrons. The van der Waals surface area contributed by atoms with Gasteiger partial charge in [0.05, 0.1) is 4.90 Å². The van der Waals surface area contributed by atoms with Gasteiger partial charge in [0.1, 0.15) is 0 Å². The first kappa shape index (κ1) is 16.9. The van der Waals surface area contributed by atoms with Gasteiger partial charge in [0.2, 0.25) is 15.9 Å². The minimum Gasteiger partial charge on any atom is -0.381 e. The number of sulfonamides is 1. The van der Waals surface area contributed by atoms with Gasteiger partial charge in [-0.2, -0.15) is 0 Å². The Morgan fingerprint density at radius 1 is 1.23 bits per heavy atom. The summed E-state index contributed by atoms with van der Waals surface area (Å²) in [7, 11) is -3.47. The highest BCUT2D eigenvalue weighted by atomic mass is 32.2. The van der Waals surface area contributed by atoms with E-state index in [1.165, 1.54) is 12.1 Å². The fourth-order valence-electron chi connectivity index (χ4n) is 2.24. The van der Waals surface area contributed by atoms with Crippen LogP contribution in [0.15, 0.2) is 29.2 Å². The van der Waals surface area contributed by atoms with Crippen molar-refractivity contribution in [3.63, 3.8) is 0 Å². The summed E-state index contributed by atoms with van der Waals surface area (Å²) in [4.78, 5) is 12.3. The summed E-state index contributed by atoms with van der Waals surface area (Å²) < 4.78 is 31.7. The Morgan fingerprint density at radius 3 is 2.45 bits per heavy atom. The van der Waals surface area contributed by atoms with Crippen molar-refractivity contribution in [1.29, 1.82) is 0 Å². The Bertz CT molecular complexity index is 592. The van der Waals surface area contributed by atoms with Crippen LogP contribution in [0.25, 0.3) is 0 Å². The topological polar surface area (TPSA) is 84.5 Å². The third kappa shape index (κ3) is 4.53. The minimum absolute atomic E-state index is 0.0385. The number of carbonyl (C=O) groups is 1. The van der Waals surface area contributed by atoms with E-state index in [-0.39, 0.29) is 16.7 Å². The predicted octanol–water partition coefficient (Wildman–Crippen LogP) is 1.74. The smallest absolute Gasteiger partial charge is 0.240 e. The van der Waals surface area contributed by atoms with Gasteiger partial charge in [-0.1, -0.05) is 6.92 Å². The number of nitrogens with one attached hydrogen (secondary N) is 2. The number of hydrogen-bond donors (Lipinski definition) is 2. The molecule has 0 radical (unpaired) electrons. The first-order valence-corrected chi connectivity index (χ1v) is 8.99. The van der Waals surface area contributed by atoms with Crippen LogP contribution < -0.4 is 10.0 Å². The summed E-state index contributed by atoms with van der Waals surface area (Å²) in [6.45, 7) is 3.53. The first-order chi connectivity index (χ1) is 10.5. The lowest BCUT2D eigenvalue weighted by Crippen LogP contribution is -2.28. The molecule has 0 aliphatic carbocycles. The van der Waals surface area contributed by atoms with Crippen LogP contribution >= 0.6 is 0 Å². The molecule has 1 amide bonds. The Hall–Kier alpha value is -1.44. The largest absolute Gasteiger partial charge is 0.381 e. The Kier molecular flexibility index (Phi) is 5.93. The number of carbonyl (C=O) groups excluding carboxylic acids is 1. The summed E-state index contributed by atoms with van der Waals surface area (Å²) in [5.41, 5.74) is 0.603. The molecule has 0 unspecified atom stereocenters. The van der Waals surface area contributed by atoms with E-state index in [4.69, 9.17) is 4.74 Å². The van der Waals surface area contributed by atoms with E-state index in [1.807, 2.05) is 6.92 Å². The molecule has 2 N–H and O–H groups in total. The summed E-state index contributed by atoms with van der Waals surface area (Å²) in [5, 5.41) is 2.82. The lowest BCUT2D eigenvalue weighted by Gasteiger charge is -2.21. The van der Waals surface area contributed by atoms with Crippen LogP contribution in [0.5, 0.6) is 0 Å². The van der Waals surface area contributed by atoms with Gasteiger partial charge < -0.3 is 10.1 Å². The molecular weight excluding hydrogens is 304 g/mol. The maximum Gasteiger partial charge on any atom is 0.240 e. The molecule has 1 saturated heterocycles. The van der Waals surface area contributed by atoms with Crippen molar-refractivity contribution in [1.82, 2.24) is 4.72 Å². The SMILES string of the molecule is CCCNS(=O)(=O)c1ccc(NC(=O)C2CCOCC2)cc1. The maximum absolute atomic E-state index is 12.1. The second-order valence-electron chi connectivity index (χ2n) is 5.30. The number of amides is 1. The van der Waals surface area contributed by atoms with Gasteiger partial charge in [0.25, 0.3) is 0 Å². The van der Waals surface area contributed by atoms with Crippen LogP contribution in [-0.4, -0.2) is 34.1 Å². The second kappa shape index (κ2) is 7.71. The number of hydrogen-bond acceptors (Lipinski definition) is 4. The molecule has 2 rings (SSSR count). The summed E-state index contributed by atoms with van der Waals surface area (Å²) in [6.07, 6.45) is 2.18. The van der Waals surface area contributed by atoms with Gasteiger partial charge in [-0.15, -0.1) is 0 Å². The minimum atomic E-state index is -3.47. The van der Waals surface area contributed by atoms with Gasteiger partial charge in [-0.25, -0.2) is 13.1 Å². The molecule has 1 fully saturated rings. The third-order valence-electron chi connectivity index (χ3n) is 3.57. The highest BCUT2D eigenvalue weighted by molar-refractivity contribution is 7.89. The lowest BCUT2D eigenvalue weighted by atomic mass is 9.99. The van der Waals surface area contributed by atoms with Crippen LogP contribution in [0.2, 0.25) is 0 Å².